The molecule has 0 N–H and O–H groups in total. The predicted octanol–water partition coefficient (Wildman–Crippen LogP) is 5.17. The molecule has 1 nitrogen and oxygen atoms in total. The lowest BCUT2D eigenvalue weighted by molar-refractivity contribution is 0.415. The number of fused-ring (bicyclic) bond motifs is 1. The summed E-state index contributed by atoms with van der Waals surface area (Å²) in [5.41, 5.74) is 5.49. The standard InChI is InChI=1S/C20H16O/c1-21-20-13-10-16(11-14-20)5-4-6-17-9-12-18-7-2-3-8-19(18)15-17/h2-3,5-15H,1H3. The first kappa shape index (κ1) is 13.2. The van der Waals surface area contributed by atoms with E-state index in [4.69, 9.17) is 4.74 Å². The van der Waals surface area contributed by atoms with E-state index in [-0.39, 0.29) is 0 Å². The molecule has 1 heteroatoms. The normalized spacial score (nSPS) is 9.95. The molecule has 0 aliphatic rings. The van der Waals surface area contributed by atoms with Crippen molar-refractivity contribution in [3.05, 3.63) is 83.6 Å². The highest BCUT2D eigenvalue weighted by Gasteiger charge is 1.92. The third kappa shape index (κ3) is 3.22. The minimum absolute atomic E-state index is 0.866. The Morgan fingerprint density at radius 1 is 0.762 bits per heavy atom. The molecule has 3 aromatic rings. The van der Waals surface area contributed by atoms with Gasteiger partial charge in [0.2, 0.25) is 0 Å². The topological polar surface area (TPSA) is 9.23 Å². The van der Waals surface area contributed by atoms with Gasteiger partial charge in [0.1, 0.15) is 5.75 Å². The van der Waals surface area contributed by atoms with Gasteiger partial charge >= 0.3 is 0 Å². The molecule has 0 saturated carbocycles. The van der Waals surface area contributed by atoms with Gasteiger partial charge in [-0.2, -0.15) is 0 Å². The third-order valence-corrected chi connectivity index (χ3v) is 3.39. The highest BCUT2D eigenvalue weighted by atomic mass is 16.5. The van der Waals surface area contributed by atoms with E-state index >= 15 is 0 Å². The van der Waals surface area contributed by atoms with Gasteiger partial charge in [-0.05, 0) is 52.3 Å². The SMILES string of the molecule is COc1ccc(C=C=Cc2ccc3ccccc3c2)cc1. The molecule has 0 heterocycles. The minimum atomic E-state index is 0.866. The molecule has 21 heavy (non-hydrogen) atoms. The van der Waals surface area contributed by atoms with E-state index in [0.29, 0.717) is 0 Å². The third-order valence-electron chi connectivity index (χ3n) is 3.39. The molecule has 3 rings (SSSR count). The van der Waals surface area contributed by atoms with Crippen LogP contribution in [0.1, 0.15) is 11.1 Å². The second kappa shape index (κ2) is 6.13. The van der Waals surface area contributed by atoms with E-state index < -0.39 is 0 Å². The number of methoxy groups -OCH3 is 1. The van der Waals surface area contributed by atoms with Crippen molar-refractivity contribution in [1.29, 1.82) is 0 Å². The van der Waals surface area contributed by atoms with Crippen molar-refractivity contribution >= 4 is 22.9 Å². The van der Waals surface area contributed by atoms with Crippen LogP contribution < -0.4 is 4.74 Å². The Morgan fingerprint density at radius 3 is 2.19 bits per heavy atom. The van der Waals surface area contributed by atoms with Crippen LogP contribution in [0, 0.1) is 0 Å². The number of benzene rings is 3. The average Bonchev–Trinajstić information content (AvgIpc) is 2.55. The number of hydrogen-bond donors (Lipinski definition) is 0. The van der Waals surface area contributed by atoms with E-state index in [9.17, 15) is 0 Å². The molecular weight excluding hydrogens is 256 g/mol. The number of hydrogen-bond acceptors (Lipinski definition) is 1. The summed E-state index contributed by atoms with van der Waals surface area (Å²) in [6, 6.07) is 22.7. The molecule has 0 spiro atoms. The van der Waals surface area contributed by atoms with Gasteiger partial charge in [0, 0.05) is 0 Å². The van der Waals surface area contributed by atoms with Crippen LogP contribution in [0.4, 0.5) is 0 Å². The Balaban J connectivity index is 1.84. The summed E-state index contributed by atoms with van der Waals surface area (Å²) in [6.07, 6.45) is 3.96. The Morgan fingerprint density at radius 2 is 1.43 bits per heavy atom. The first-order valence-corrected chi connectivity index (χ1v) is 6.90. The highest BCUT2D eigenvalue weighted by Crippen LogP contribution is 2.16. The smallest absolute Gasteiger partial charge is 0.118 e. The first-order chi connectivity index (χ1) is 10.3. The van der Waals surface area contributed by atoms with Crippen molar-refractivity contribution in [2.24, 2.45) is 0 Å². The van der Waals surface area contributed by atoms with Gasteiger partial charge in [-0.1, -0.05) is 48.5 Å². The predicted molar refractivity (Wildman–Crippen MR) is 89.4 cm³/mol. The van der Waals surface area contributed by atoms with Crippen molar-refractivity contribution < 1.29 is 4.74 Å². The van der Waals surface area contributed by atoms with E-state index in [1.165, 1.54) is 10.8 Å². The van der Waals surface area contributed by atoms with Crippen LogP contribution in [-0.4, -0.2) is 7.11 Å². The zero-order valence-corrected chi connectivity index (χ0v) is 11.9. The van der Waals surface area contributed by atoms with Crippen molar-refractivity contribution in [2.75, 3.05) is 7.11 Å². The van der Waals surface area contributed by atoms with Crippen molar-refractivity contribution in [3.8, 4) is 5.75 Å². The number of ether oxygens (including phenoxy) is 1. The largest absolute Gasteiger partial charge is 0.497 e. The Labute approximate surface area is 124 Å². The fraction of sp³-hybridized carbons (Fsp3) is 0.0500. The van der Waals surface area contributed by atoms with Gasteiger partial charge in [0.05, 0.1) is 7.11 Å². The molecule has 0 amide bonds. The van der Waals surface area contributed by atoms with Gasteiger partial charge in [-0.3, -0.25) is 0 Å². The van der Waals surface area contributed by atoms with Gasteiger partial charge in [0.25, 0.3) is 0 Å². The van der Waals surface area contributed by atoms with Crippen LogP contribution in [0.2, 0.25) is 0 Å². The van der Waals surface area contributed by atoms with E-state index in [2.05, 4.69) is 48.2 Å². The fourth-order valence-electron chi connectivity index (χ4n) is 2.23. The van der Waals surface area contributed by atoms with Crippen LogP contribution in [0.15, 0.2) is 72.5 Å². The van der Waals surface area contributed by atoms with Gasteiger partial charge < -0.3 is 4.74 Å². The summed E-state index contributed by atoms with van der Waals surface area (Å²) in [6.45, 7) is 0. The molecule has 0 radical (unpaired) electrons. The Bertz CT molecular complexity index is 807. The van der Waals surface area contributed by atoms with Crippen LogP contribution in [0.25, 0.3) is 22.9 Å². The molecule has 0 atom stereocenters. The summed E-state index contributed by atoms with van der Waals surface area (Å²) in [7, 11) is 1.67. The second-order valence-electron chi connectivity index (χ2n) is 4.84. The van der Waals surface area contributed by atoms with E-state index in [1.54, 1.807) is 7.11 Å². The summed E-state index contributed by atoms with van der Waals surface area (Å²) in [5.74, 6) is 0.866. The van der Waals surface area contributed by atoms with Crippen LogP contribution in [0.3, 0.4) is 0 Å². The molecule has 0 aromatic heterocycles. The van der Waals surface area contributed by atoms with Crippen LogP contribution >= 0.6 is 0 Å². The molecule has 3 aromatic carbocycles. The monoisotopic (exact) mass is 272 g/mol. The maximum absolute atomic E-state index is 5.14. The zero-order chi connectivity index (χ0) is 14.5. The first-order valence-electron chi connectivity index (χ1n) is 6.90. The minimum Gasteiger partial charge on any atom is -0.497 e. The Kier molecular flexibility index (Phi) is 3.86. The molecule has 0 aliphatic carbocycles. The summed E-state index contributed by atoms with van der Waals surface area (Å²) in [5, 5.41) is 2.51. The Hall–Kier alpha value is -2.76. The lowest BCUT2D eigenvalue weighted by Gasteiger charge is -1.98. The average molecular weight is 272 g/mol. The van der Waals surface area contributed by atoms with Crippen LogP contribution in [0.5, 0.6) is 5.75 Å². The molecule has 0 aliphatic heterocycles. The molecule has 0 fully saturated rings. The quantitative estimate of drug-likeness (QED) is 0.597. The van der Waals surface area contributed by atoms with Gasteiger partial charge in [-0.25, -0.2) is 0 Å². The van der Waals surface area contributed by atoms with Crippen LogP contribution in [-0.2, 0) is 0 Å². The number of rotatable bonds is 3. The lowest BCUT2D eigenvalue weighted by Crippen LogP contribution is -1.80. The zero-order valence-electron chi connectivity index (χ0n) is 11.9. The van der Waals surface area contributed by atoms with E-state index in [1.807, 2.05) is 36.4 Å². The van der Waals surface area contributed by atoms with Crippen molar-refractivity contribution in [2.45, 2.75) is 0 Å². The summed E-state index contributed by atoms with van der Waals surface area (Å²) in [4.78, 5) is 0. The highest BCUT2D eigenvalue weighted by molar-refractivity contribution is 5.84. The summed E-state index contributed by atoms with van der Waals surface area (Å²) >= 11 is 0. The fourth-order valence-corrected chi connectivity index (χ4v) is 2.23. The van der Waals surface area contributed by atoms with Gasteiger partial charge in [-0.15, -0.1) is 5.73 Å². The molecular formula is C20H16O. The lowest BCUT2D eigenvalue weighted by atomic mass is 10.1. The maximum atomic E-state index is 5.14. The maximum Gasteiger partial charge on any atom is 0.118 e. The molecule has 0 unspecified atom stereocenters. The molecule has 0 saturated heterocycles. The molecule has 102 valence electrons. The van der Waals surface area contributed by atoms with Crippen molar-refractivity contribution in [1.82, 2.24) is 0 Å². The second-order valence-corrected chi connectivity index (χ2v) is 4.84. The van der Waals surface area contributed by atoms with E-state index in [0.717, 1.165) is 16.9 Å². The van der Waals surface area contributed by atoms with Crippen molar-refractivity contribution in [3.63, 3.8) is 0 Å². The summed E-state index contributed by atoms with van der Waals surface area (Å²) < 4.78 is 5.14. The van der Waals surface area contributed by atoms with Gasteiger partial charge in [0.15, 0.2) is 0 Å². The molecule has 0 bridgehead atoms.